The van der Waals surface area contributed by atoms with Crippen LogP contribution < -0.4 is 10.7 Å². The minimum atomic E-state index is 0.131. The Bertz CT molecular complexity index is 627. The van der Waals surface area contributed by atoms with Crippen LogP contribution in [0.4, 0.5) is 0 Å². The number of nitrogens with one attached hydrogen (secondary N) is 2. The number of hydrazone groups is 1. The lowest BCUT2D eigenvalue weighted by molar-refractivity contribution is 0.475. The molecule has 0 unspecified atom stereocenters. The van der Waals surface area contributed by atoms with Crippen LogP contribution in [0.1, 0.15) is 12.5 Å². The van der Waals surface area contributed by atoms with Gasteiger partial charge in [-0.25, -0.2) is 0 Å². The van der Waals surface area contributed by atoms with Crippen LogP contribution in [0.2, 0.25) is 0 Å². The molecule has 1 heterocycles. The van der Waals surface area contributed by atoms with Crippen LogP contribution in [0.3, 0.4) is 0 Å². The quantitative estimate of drug-likeness (QED) is 0.452. The fourth-order valence-corrected chi connectivity index (χ4v) is 1.84. The Morgan fingerprint density at radius 1 is 1.47 bits per heavy atom. The summed E-state index contributed by atoms with van der Waals surface area (Å²) in [6.07, 6.45) is 3.18. The lowest BCUT2D eigenvalue weighted by atomic mass is 10.1. The van der Waals surface area contributed by atoms with Crippen LogP contribution in [-0.2, 0) is 0 Å². The molecule has 0 radical (unpaired) electrons. The Kier molecular flexibility index (Phi) is 4.25. The van der Waals surface area contributed by atoms with Gasteiger partial charge in [0.05, 0.1) is 17.3 Å². The fraction of sp³-hybridized carbons (Fsp3) is 0.154. The van der Waals surface area contributed by atoms with Gasteiger partial charge in [0.2, 0.25) is 0 Å². The second kappa shape index (κ2) is 6.10. The third-order valence-corrected chi connectivity index (χ3v) is 2.72. The number of pyridine rings is 1. The fourth-order valence-electron chi connectivity index (χ4n) is 1.64. The molecular weight excluding hydrogens is 260 g/mol. The summed E-state index contributed by atoms with van der Waals surface area (Å²) in [4.78, 5) is 4.25. The second-order valence-corrected chi connectivity index (χ2v) is 4.21. The molecule has 98 valence electrons. The van der Waals surface area contributed by atoms with Crippen molar-refractivity contribution >= 4 is 34.4 Å². The zero-order valence-corrected chi connectivity index (χ0v) is 11.2. The van der Waals surface area contributed by atoms with Crippen LogP contribution in [0.5, 0.6) is 5.75 Å². The van der Waals surface area contributed by atoms with Gasteiger partial charge in [0.25, 0.3) is 0 Å². The van der Waals surface area contributed by atoms with Crippen molar-refractivity contribution in [3.8, 4) is 5.75 Å². The second-order valence-electron chi connectivity index (χ2n) is 3.80. The molecule has 0 saturated carbocycles. The minimum absolute atomic E-state index is 0.131. The third-order valence-electron chi connectivity index (χ3n) is 2.49. The first-order chi connectivity index (χ1) is 9.22. The van der Waals surface area contributed by atoms with E-state index in [2.05, 4.69) is 20.8 Å². The molecule has 0 aliphatic heterocycles. The summed E-state index contributed by atoms with van der Waals surface area (Å²) >= 11 is 4.98. The number of fused-ring (bicyclic) bond motifs is 1. The van der Waals surface area contributed by atoms with E-state index in [9.17, 15) is 5.11 Å². The summed E-state index contributed by atoms with van der Waals surface area (Å²) in [5.74, 6) is 0.131. The number of nitrogens with zero attached hydrogens (tertiary/aromatic N) is 2. The van der Waals surface area contributed by atoms with Crippen molar-refractivity contribution in [3.05, 3.63) is 36.0 Å². The van der Waals surface area contributed by atoms with Crippen molar-refractivity contribution in [1.82, 2.24) is 15.7 Å². The van der Waals surface area contributed by atoms with Gasteiger partial charge in [-0.15, -0.1) is 0 Å². The van der Waals surface area contributed by atoms with E-state index in [1.807, 2.05) is 25.1 Å². The summed E-state index contributed by atoms with van der Waals surface area (Å²) < 4.78 is 0. The number of rotatable bonds is 3. The molecule has 0 bridgehead atoms. The lowest BCUT2D eigenvalue weighted by Crippen LogP contribution is -2.31. The standard InChI is InChI=1S/C13H14N4OS/c1-2-14-13(19)17-16-8-10-11(18)6-5-9-4-3-7-15-12(9)10/h3-8,18H,2H2,1H3,(H2,14,17,19)/b16-8+. The maximum Gasteiger partial charge on any atom is 0.186 e. The molecular formula is C13H14N4OS. The lowest BCUT2D eigenvalue weighted by Gasteiger charge is -2.05. The number of thiocarbonyl (C=S) groups is 1. The summed E-state index contributed by atoms with van der Waals surface area (Å²) in [7, 11) is 0. The first kappa shape index (κ1) is 13.2. The summed E-state index contributed by atoms with van der Waals surface area (Å²) in [5.41, 5.74) is 3.93. The molecule has 2 rings (SSSR count). The van der Waals surface area contributed by atoms with E-state index < -0.39 is 0 Å². The molecule has 0 atom stereocenters. The van der Waals surface area contributed by atoms with Gasteiger partial charge in [0, 0.05) is 18.1 Å². The number of aromatic hydroxyl groups is 1. The first-order valence-electron chi connectivity index (χ1n) is 5.86. The monoisotopic (exact) mass is 274 g/mol. The van der Waals surface area contributed by atoms with Crippen LogP contribution in [0.15, 0.2) is 35.6 Å². The molecule has 0 saturated heterocycles. The van der Waals surface area contributed by atoms with Crippen molar-refractivity contribution < 1.29 is 5.11 Å². The van der Waals surface area contributed by atoms with Gasteiger partial charge < -0.3 is 10.4 Å². The SMILES string of the molecule is CCNC(=S)N/N=C/c1c(O)ccc2cccnc12. The average molecular weight is 274 g/mol. The Morgan fingerprint density at radius 3 is 3.11 bits per heavy atom. The van der Waals surface area contributed by atoms with Crippen LogP contribution >= 0.6 is 12.2 Å². The zero-order chi connectivity index (χ0) is 13.7. The maximum atomic E-state index is 9.87. The number of phenols is 1. The highest BCUT2D eigenvalue weighted by atomic mass is 32.1. The van der Waals surface area contributed by atoms with E-state index in [0.29, 0.717) is 16.2 Å². The van der Waals surface area contributed by atoms with E-state index >= 15 is 0 Å². The normalized spacial score (nSPS) is 10.8. The highest BCUT2D eigenvalue weighted by Gasteiger charge is 2.05. The van der Waals surface area contributed by atoms with Gasteiger partial charge in [-0.1, -0.05) is 6.07 Å². The number of hydrogen-bond donors (Lipinski definition) is 3. The van der Waals surface area contributed by atoms with Gasteiger partial charge in [0.15, 0.2) is 5.11 Å². The number of phenolic OH excluding ortho intramolecular Hbond substituents is 1. The van der Waals surface area contributed by atoms with Gasteiger partial charge >= 0.3 is 0 Å². The largest absolute Gasteiger partial charge is 0.507 e. The molecule has 5 nitrogen and oxygen atoms in total. The third kappa shape index (κ3) is 3.17. The average Bonchev–Trinajstić information content (AvgIpc) is 2.41. The Balaban J connectivity index is 2.27. The number of hydrogen-bond acceptors (Lipinski definition) is 4. The zero-order valence-electron chi connectivity index (χ0n) is 10.4. The van der Waals surface area contributed by atoms with Crippen LogP contribution in [0, 0.1) is 0 Å². The smallest absolute Gasteiger partial charge is 0.186 e. The van der Waals surface area contributed by atoms with Crippen molar-refractivity contribution in [2.45, 2.75) is 6.92 Å². The topological polar surface area (TPSA) is 69.5 Å². The Hall–Kier alpha value is -2.21. The van der Waals surface area contributed by atoms with E-state index in [4.69, 9.17) is 12.2 Å². The summed E-state index contributed by atoms with van der Waals surface area (Å²) in [6.45, 7) is 2.67. The molecule has 0 amide bonds. The molecule has 0 aliphatic rings. The van der Waals surface area contributed by atoms with Crippen LogP contribution in [0.25, 0.3) is 10.9 Å². The van der Waals surface area contributed by atoms with Crippen molar-refractivity contribution in [2.24, 2.45) is 5.10 Å². The van der Waals surface area contributed by atoms with E-state index in [-0.39, 0.29) is 5.75 Å². The highest BCUT2D eigenvalue weighted by molar-refractivity contribution is 7.80. The van der Waals surface area contributed by atoms with Crippen LogP contribution in [-0.4, -0.2) is 28.0 Å². The van der Waals surface area contributed by atoms with Crippen molar-refractivity contribution in [2.75, 3.05) is 6.54 Å². The van der Waals surface area contributed by atoms with E-state index in [0.717, 1.165) is 11.9 Å². The molecule has 6 heteroatoms. The van der Waals surface area contributed by atoms with Gasteiger partial charge in [-0.05, 0) is 37.3 Å². The Labute approximate surface area is 116 Å². The van der Waals surface area contributed by atoms with Gasteiger partial charge in [-0.2, -0.15) is 5.10 Å². The van der Waals surface area contributed by atoms with Crippen molar-refractivity contribution in [1.29, 1.82) is 0 Å². The molecule has 0 aliphatic carbocycles. The molecule has 1 aromatic carbocycles. The van der Waals surface area contributed by atoms with Gasteiger partial charge in [0.1, 0.15) is 5.75 Å². The molecule has 3 N–H and O–H groups in total. The number of aromatic nitrogens is 1. The van der Waals surface area contributed by atoms with E-state index in [1.54, 1.807) is 12.3 Å². The highest BCUT2D eigenvalue weighted by Crippen LogP contribution is 2.23. The van der Waals surface area contributed by atoms with E-state index in [1.165, 1.54) is 6.21 Å². The summed E-state index contributed by atoms with van der Waals surface area (Å²) in [5, 5.41) is 18.2. The molecule has 0 fully saturated rings. The predicted molar refractivity (Wildman–Crippen MR) is 80.4 cm³/mol. The summed E-state index contributed by atoms with van der Waals surface area (Å²) in [6, 6.07) is 7.20. The maximum absolute atomic E-state index is 9.87. The molecule has 1 aromatic heterocycles. The molecule has 0 spiro atoms. The minimum Gasteiger partial charge on any atom is -0.507 e. The Morgan fingerprint density at radius 2 is 2.32 bits per heavy atom. The predicted octanol–water partition coefficient (Wildman–Crippen LogP) is 1.76. The first-order valence-corrected chi connectivity index (χ1v) is 6.26. The van der Waals surface area contributed by atoms with Crippen molar-refractivity contribution in [3.63, 3.8) is 0 Å². The molecule has 2 aromatic rings. The molecule has 19 heavy (non-hydrogen) atoms. The number of benzene rings is 1. The van der Waals surface area contributed by atoms with Gasteiger partial charge in [-0.3, -0.25) is 10.4 Å².